The number of nitrogens with zero attached hydrogens (tertiary/aromatic N) is 2. The Morgan fingerprint density at radius 2 is 2.00 bits per heavy atom. The van der Waals surface area contributed by atoms with Crippen LogP contribution in [0.1, 0.15) is 34.3 Å². The molecule has 0 saturated heterocycles. The predicted octanol–water partition coefficient (Wildman–Crippen LogP) is 5.86. The predicted molar refractivity (Wildman–Crippen MR) is 126 cm³/mol. The summed E-state index contributed by atoms with van der Waals surface area (Å²) in [5.41, 5.74) is 0.449. The molecule has 0 spiro atoms. The first-order chi connectivity index (χ1) is 16.4. The molecule has 0 bridgehead atoms. The molecule has 2 aromatic carbocycles. The molecule has 0 aliphatic heterocycles. The largest absolute Gasteiger partial charge is 0.369 e. The molecule has 6 nitrogen and oxygen atoms in total. The van der Waals surface area contributed by atoms with Crippen LogP contribution in [-0.2, 0) is 0 Å². The van der Waals surface area contributed by atoms with Gasteiger partial charge < -0.3 is 15.0 Å². The number of H-pyrrole nitrogens is 1. The summed E-state index contributed by atoms with van der Waals surface area (Å²) >= 11 is 0.972. The van der Waals surface area contributed by atoms with E-state index < -0.39 is 28.8 Å². The van der Waals surface area contributed by atoms with Crippen molar-refractivity contribution in [3.8, 4) is 0 Å². The van der Waals surface area contributed by atoms with Crippen molar-refractivity contribution in [2.75, 3.05) is 16.6 Å². The lowest BCUT2D eigenvalue weighted by molar-refractivity contribution is 0.103. The van der Waals surface area contributed by atoms with Crippen molar-refractivity contribution in [2.24, 2.45) is 5.92 Å². The summed E-state index contributed by atoms with van der Waals surface area (Å²) in [7, 11) is 0. The summed E-state index contributed by atoms with van der Waals surface area (Å²) in [6.07, 6.45) is 5.00. The van der Waals surface area contributed by atoms with Crippen LogP contribution in [0.15, 0.2) is 47.8 Å². The van der Waals surface area contributed by atoms with Crippen LogP contribution in [0.4, 0.5) is 24.7 Å². The minimum Gasteiger partial charge on any atom is -0.369 e. The standard InChI is InChI=1S/C24H20F3N5OS/c1-12-2-5-14(25)8-18(12)34-32-17-7-6-16(26)20(21(17)27)22(33)15-10-29-24-19(15)23(30-11-31-24)28-9-13-3-4-13/h2,5-8,10-11,13,32H,3-4,9H2,1H3,(H2,28,29,30,31). The lowest BCUT2D eigenvalue weighted by Crippen LogP contribution is -2.11. The summed E-state index contributed by atoms with van der Waals surface area (Å²) in [6, 6.07) is 6.46. The van der Waals surface area contributed by atoms with E-state index in [-0.39, 0.29) is 11.3 Å². The van der Waals surface area contributed by atoms with E-state index in [2.05, 4.69) is 25.0 Å². The van der Waals surface area contributed by atoms with Gasteiger partial charge in [-0.1, -0.05) is 6.07 Å². The van der Waals surface area contributed by atoms with Crippen LogP contribution < -0.4 is 10.0 Å². The van der Waals surface area contributed by atoms with E-state index in [0.717, 1.165) is 36.4 Å². The van der Waals surface area contributed by atoms with Crippen LogP contribution in [-0.4, -0.2) is 27.3 Å². The van der Waals surface area contributed by atoms with E-state index in [9.17, 15) is 13.6 Å². The number of hydrogen-bond donors (Lipinski definition) is 3. The second kappa shape index (κ2) is 9.02. The van der Waals surface area contributed by atoms with Gasteiger partial charge in [0.2, 0.25) is 5.78 Å². The molecule has 2 aromatic heterocycles. The van der Waals surface area contributed by atoms with Crippen molar-refractivity contribution in [3.05, 3.63) is 77.0 Å². The van der Waals surface area contributed by atoms with E-state index in [0.29, 0.717) is 34.2 Å². The van der Waals surface area contributed by atoms with Crippen molar-refractivity contribution in [1.29, 1.82) is 0 Å². The van der Waals surface area contributed by atoms with Crippen LogP contribution in [0.25, 0.3) is 11.0 Å². The number of nitrogens with one attached hydrogen (secondary N) is 3. The van der Waals surface area contributed by atoms with E-state index in [4.69, 9.17) is 0 Å². The monoisotopic (exact) mass is 483 g/mol. The molecule has 34 heavy (non-hydrogen) atoms. The Morgan fingerprint density at radius 1 is 1.18 bits per heavy atom. The molecule has 1 saturated carbocycles. The van der Waals surface area contributed by atoms with Crippen molar-refractivity contribution >= 4 is 40.3 Å². The number of rotatable bonds is 8. The molecular formula is C24H20F3N5OS. The third-order valence-corrected chi connectivity index (χ3v) is 6.69. The van der Waals surface area contributed by atoms with Gasteiger partial charge in [0.1, 0.15) is 29.4 Å². The van der Waals surface area contributed by atoms with E-state index in [1.165, 1.54) is 30.7 Å². The molecule has 4 aromatic rings. The third-order valence-electron chi connectivity index (χ3n) is 5.71. The highest BCUT2D eigenvalue weighted by atomic mass is 32.2. The lowest BCUT2D eigenvalue weighted by atomic mass is 10.0. The number of carbonyl (C=O) groups excluding carboxylic acids is 1. The number of hydrogen-bond acceptors (Lipinski definition) is 6. The highest BCUT2D eigenvalue weighted by molar-refractivity contribution is 8.00. The molecule has 174 valence electrons. The van der Waals surface area contributed by atoms with Gasteiger partial charge in [-0.05, 0) is 67.5 Å². The minimum atomic E-state index is -1.04. The Bertz CT molecular complexity index is 1400. The Kier molecular flexibility index (Phi) is 5.91. The molecule has 3 N–H and O–H groups in total. The normalized spacial score (nSPS) is 13.3. The summed E-state index contributed by atoms with van der Waals surface area (Å²) in [5.74, 6) is -2.29. The molecule has 2 heterocycles. The van der Waals surface area contributed by atoms with Gasteiger partial charge in [-0.25, -0.2) is 23.1 Å². The van der Waals surface area contributed by atoms with Gasteiger partial charge in [0.15, 0.2) is 5.82 Å². The minimum absolute atomic E-state index is 0.0671. The van der Waals surface area contributed by atoms with Crippen LogP contribution in [0.2, 0.25) is 0 Å². The van der Waals surface area contributed by atoms with Crippen molar-refractivity contribution < 1.29 is 18.0 Å². The second-order valence-corrected chi connectivity index (χ2v) is 9.05. The van der Waals surface area contributed by atoms with Gasteiger partial charge in [0.25, 0.3) is 0 Å². The quantitative estimate of drug-likeness (QED) is 0.215. The van der Waals surface area contributed by atoms with Gasteiger partial charge in [0.05, 0.1) is 22.2 Å². The number of aromatic amines is 1. The number of anilines is 2. The topological polar surface area (TPSA) is 82.7 Å². The summed E-state index contributed by atoms with van der Waals surface area (Å²) in [4.78, 5) is 25.1. The summed E-state index contributed by atoms with van der Waals surface area (Å²) in [6.45, 7) is 2.48. The van der Waals surface area contributed by atoms with Gasteiger partial charge >= 0.3 is 0 Å². The van der Waals surface area contributed by atoms with E-state index in [1.807, 2.05) is 0 Å². The molecule has 0 atom stereocenters. The average molecular weight is 484 g/mol. The molecule has 10 heteroatoms. The average Bonchev–Trinajstić information content (AvgIpc) is 3.55. The molecule has 5 rings (SSSR count). The van der Waals surface area contributed by atoms with Gasteiger partial charge in [0, 0.05) is 17.6 Å². The number of halogens is 3. The maximum atomic E-state index is 15.4. The van der Waals surface area contributed by atoms with Crippen LogP contribution in [0, 0.1) is 30.3 Å². The van der Waals surface area contributed by atoms with Crippen molar-refractivity contribution in [1.82, 2.24) is 15.0 Å². The maximum absolute atomic E-state index is 15.4. The zero-order chi connectivity index (χ0) is 23.8. The maximum Gasteiger partial charge on any atom is 0.201 e. The van der Waals surface area contributed by atoms with Crippen LogP contribution in [0.5, 0.6) is 0 Å². The lowest BCUT2D eigenvalue weighted by Gasteiger charge is -2.12. The second-order valence-electron chi connectivity index (χ2n) is 8.20. The van der Waals surface area contributed by atoms with Crippen LogP contribution >= 0.6 is 11.9 Å². The number of ketones is 1. The zero-order valence-corrected chi connectivity index (χ0v) is 18.9. The van der Waals surface area contributed by atoms with Gasteiger partial charge in [-0.15, -0.1) is 0 Å². The fourth-order valence-corrected chi connectivity index (χ4v) is 4.39. The number of aryl methyl sites for hydroxylation is 1. The summed E-state index contributed by atoms with van der Waals surface area (Å²) in [5, 5.41) is 3.60. The number of benzene rings is 2. The SMILES string of the molecule is Cc1ccc(F)cc1SNc1ccc(F)c(C(=O)c2c[nH]c3ncnc(NCC4CC4)c23)c1F. The number of fused-ring (bicyclic) bond motifs is 1. The molecule has 0 amide bonds. The summed E-state index contributed by atoms with van der Waals surface area (Å²) < 4.78 is 46.4. The smallest absolute Gasteiger partial charge is 0.201 e. The molecule has 0 unspecified atom stereocenters. The van der Waals surface area contributed by atoms with Gasteiger partial charge in [-0.3, -0.25) is 4.79 Å². The first-order valence-electron chi connectivity index (χ1n) is 10.7. The van der Waals surface area contributed by atoms with Crippen LogP contribution in [0.3, 0.4) is 0 Å². The number of carbonyl (C=O) groups is 1. The Labute approximate surface area is 197 Å². The van der Waals surface area contributed by atoms with Crippen molar-refractivity contribution in [3.63, 3.8) is 0 Å². The highest BCUT2D eigenvalue weighted by Gasteiger charge is 2.27. The first-order valence-corrected chi connectivity index (χ1v) is 11.5. The molecule has 1 fully saturated rings. The fraction of sp³-hybridized carbons (Fsp3) is 0.208. The number of aromatic nitrogens is 3. The fourth-order valence-electron chi connectivity index (χ4n) is 3.61. The first kappa shape index (κ1) is 22.3. The molecular weight excluding hydrogens is 463 g/mol. The Hall–Kier alpha value is -3.53. The van der Waals surface area contributed by atoms with E-state index >= 15 is 4.39 Å². The van der Waals surface area contributed by atoms with E-state index in [1.54, 1.807) is 13.0 Å². The zero-order valence-electron chi connectivity index (χ0n) is 18.1. The van der Waals surface area contributed by atoms with Crippen molar-refractivity contribution in [2.45, 2.75) is 24.7 Å². The third kappa shape index (κ3) is 4.33. The Balaban J connectivity index is 1.47. The molecule has 1 aliphatic rings. The molecule has 0 radical (unpaired) electrons. The Morgan fingerprint density at radius 3 is 2.79 bits per heavy atom. The van der Waals surface area contributed by atoms with Gasteiger partial charge in [-0.2, -0.15) is 0 Å². The molecule has 1 aliphatic carbocycles. The highest BCUT2D eigenvalue weighted by Crippen LogP contribution is 2.33.